The van der Waals surface area contributed by atoms with Crippen molar-refractivity contribution in [3.63, 3.8) is 0 Å². The van der Waals surface area contributed by atoms with Crippen LogP contribution in [0.2, 0.25) is 0 Å². The van der Waals surface area contributed by atoms with E-state index >= 15 is 0 Å². The second-order valence-electron chi connectivity index (χ2n) is 4.11. The predicted molar refractivity (Wildman–Crippen MR) is 54.7 cm³/mol. The average molecular weight is 184 g/mol. The van der Waals surface area contributed by atoms with Gasteiger partial charge < -0.3 is 5.32 Å². The number of nitrogens with one attached hydrogen (secondary N) is 1. The van der Waals surface area contributed by atoms with E-state index in [9.17, 15) is 0 Å². The maximum atomic E-state index is 4.58. The molecule has 1 fully saturated rings. The molecule has 2 rings (SSSR count). The van der Waals surface area contributed by atoms with Gasteiger partial charge in [0.2, 0.25) is 0 Å². The number of rotatable bonds is 1. The summed E-state index contributed by atoms with van der Waals surface area (Å²) in [5.41, 5.74) is 0.392. The summed E-state index contributed by atoms with van der Waals surface area (Å²) in [5.74, 6) is 1.23. The Morgan fingerprint density at radius 3 is 2.92 bits per heavy atom. The number of amidine groups is 1. The van der Waals surface area contributed by atoms with Gasteiger partial charge in [0.25, 0.3) is 0 Å². The molecule has 2 aliphatic rings. The van der Waals surface area contributed by atoms with E-state index in [2.05, 4.69) is 24.2 Å². The lowest BCUT2D eigenvalue weighted by Crippen LogP contribution is -2.34. The SMILES string of the molecule is CC1CCSC(NC2(C)CC2)=N1. The molecule has 0 radical (unpaired) electrons. The van der Waals surface area contributed by atoms with Crippen molar-refractivity contribution in [2.24, 2.45) is 4.99 Å². The smallest absolute Gasteiger partial charge is 0.157 e. The van der Waals surface area contributed by atoms with Crippen LogP contribution in [0.3, 0.4) is 0 Å². The van der Waals surface area contributed by atoms with Crippen molar-refractivity contribution in [3.8, 4) is 0 Å². The maximum absolute atomic E-state index is 4.58. The summed E-state index contributed by atoms with van der Waals surface area (Å²) in [6.07, 6.45) is 3.84. The summed E-state index contributed by atoms with van der Waals surface area (Å²) in [7, 11) is 0. The first kappa shape index (κ1) is 8.42. The van der Waals surface area contributed by atoms with Gasteiger partial charge >= 0.3 is 0 Å². The first-order chi connectivity index (χ1) is 5.68. The van der Waals surface area contributed by atoms with Crippen LogP contribution in [0.4, 0.5) is 0 Å². The lowest BCUT2D eigenvalue weighted by Gasteiger charge is -2.20. The Morgan fingerprint density at radius 1 is 1.58 bits per heavy atom. The fraction of sp³-hybridized carbons (Fsp3) is 0.889. The molecule has 0 bridgehead atoms. The van der Waals surface area contributed by atoms with Crippen LogP contribution in [0.1, 0.15) is 33.1 Å². The Kier molecular flexibility index (Phi) is 2.07. The number of hydrogen-bond donors (Lipinski definition) is 1. The Hall–Kier alpha value is -0.180. The van der Waals surface area contributed by atoms with Gasteiger partial charge in [-0.15, -0.1) is 0 Å². The van der Waals surface area contributed by atoms with Crippen LogP contribution < -0.4 is 5.32 Å². The molecule has 1 atom stereocenters. The van der Waals surface area contributed by atoms with Crippen LogP contribution in [0.5, 0.6) is 0 Å². The Balaban J connectivity index is 1.94. The summed E-state index contributed by atoms with van der Waals surface area (Å²) in [5, 5.41) is 4.69. The summed E-state index contributed by atoms with van der Waals surface area (Å²) in [4.78, 5) is 4.58. The van der Waals surface area contributed by atoms with E-state index in [0.29, 0.717) is 11.6 Å². The van der Waals surface area contributed by atoms with E-state index in [1.54, 1.807) is 0 Å². The third kappa shape index (κ3) is 1.94. The van der Waals surface area contributed by atoms with Crippen molar-refractivity contribution in [1.82, 2.24) is 5.32 Å². The van der Waals surface area contributed by atoms with Gasteiger partial charge in [0.05, 0.1) is 6.04 Å². The first-order valence-corrected chi connectivity index (χ1v) is 5.65. The van der Waals surface area contributed by atoms with E-state index in [4.69, 9.17) is 0 Å². The highest BCUT2D eigenvalue weighted by Crippen LogP contribution is 2.35. The third-order valence-corrected chi connectivity index (χ3v) is 3.44. The van der Waals surface area contributed by atoms with Gasteiger partial charge in [-0.2, -0.15) is 0 Å². The van der Waals surface area contributed by atoms with E-state index in [-0.39, 0.29) is 0 Å². The van der Waals surface area contributed by atoms with Gasteiger partial charge in [0.15, 0.2) is 5.17 Å². The van der Waals surface area contributed by atoms with Crippen molar-refractivity contribution in [2.45, 2.75) is 44.7 Å². The molecule has 12 heavy (non-hydrogen) atoms. The Labute approximate surface area is 78.2 Å². The molecule has 1 N–H and O–H groups in total. The van der Waals surface area contributed by atoms with Gasteiger partial charge in [-0.3, -0.25) is 4.99 Å². The van der Waals surface area contributed by atoms with Gasteiger partial charge in [0.1, 0.15) is 0 Å². The second-order valence-corrected chi connectivity index (χ2v) is 5.19. The van der Waals surface area contributed by atoms with Crippen LogP contribution in [-0.2, 0) is 0 Å². The average Bonchev–Trinajstić information content (AvgIpc) is 2.67. The zero-order chi connectivity index (χ0) is 8.60. The van der Waals surface area contributed by atoms with Gasteiger partial charge in [0, 0.05) is 11.3 Å². The minimum atomic E-state index is 0.392. The Morgan fingerprint density at radius 2 is 2.33 bits per heavy atom. The van der Waals surface area contributed by atoms with Crippen LogP contribution >= 0.6 is 11.8 Å². The van der Waals surface area contributed by atoms with Crippen molar-refractivity contribution >= 4 is 16.9 Å². The highest BCUT2D eigenvalue weighted by Gasteiger charge is 2.38. The van der Waals surface area contributed by atoms with Crippen molar-refractivity contribution < 1.29 is 0 Å². The lowest BCUT2D eigenvalue weighted by molar-refractivity contribution is 0.652. The zero-order valence-electron chi connectivity index (χ0n) is 7.76. The molecule has 0 amide bonds. The maximum Gasteiger partial charge on any atom is 0.157 e. The number of hydrogen-bond acceptors (Lipinski definition) is 3. The second kappa shape index (κ2) is 2.95. The molecular weight excluding hydrogens is 168 g/mol. The van der Waals surface area contributed by atoms with Crippen molar-refractivity contribution in [1.29, 1.82) is 0 Å². The van der Waals surface area contributed by atoms with E-state index < -0.39 is 0 Å². The summed E-state index contributed by atoms with van der Waals surface area (Å²) >= 11 is 1.87. The molecule has 2 nitrogen and oxygen atoms in total. The fourth-order valence-electron chi connectivity index (χ4n) is 1.27. The first-order valence-electron chi connectivity index (χ1n) is 4.67. The monoisotopic (exact) mass is 184 g/mol. The molecule has 0 aromatic rings. The van der Waals surface area contributed by atoms with Gasteiger partial charge in [-0.1, -0.05) is 11.8 Å². The molecule has 68 valence electrons. The standard InChI is InChI=1S/C9H16N2S/c1-7-3-6-12-8(10-7)11-9(2)4-5-9/h7H,3-6H2,1-2H3,(H,10,11). The van der Waals surface area contributed by atoms with Crippen LogP contribution in [0, 0.1) is 0 Å². The largest absolute Gasteiger partial charge is 0.360 e. The molecule has 1 saturated carbocycles. The van der Waals surface area contributed by atoms with Crippen LogP contribution in [0.25, 0.3) is 0 Å². The summed E-state index contributed by atoms with van der Waals surface area (Å²) < 4.78 is 0. The van der Waals surface area contributed by atoms with E-state index in [1.807, 2.05) is 11.8 Å². The van der Waals surface area contributed by atoms with Gasteiger partial charge in [-0.05, 0) is 33.1 Å². The molecule has 1 heterocycles. The molecule has 0 spiro atoms. The summed E-state index contributed by atoms with van der Waals surface area (Å²) in [6, 6.07) is 0.524. The van der Waals surface area contributed by atoms with Gasteiger partial charge in [-0.25, -0.2) is 0 Å². The minimum Gasteiger partial charge on any atom is -0.360 e. The lowest BCUT2D eigenvalue weighted by atomic mass is 10.3. The normalized spacial score (nSPS) is 32.5. The number of thioether (sulfide) groups is 1. The highest BCUT2D eigenvalue weighted by molar-refractivity contribution is 8.13. The van der Waals surface area contributed by atoms with Crippen molar-refractivity contribution in [3.05, 3.63) is 0 Å². The topological polar surface area (TPSA) is 24.4 Å². The molecule has 1 aliphatic heterocycles. The van der Waals surface area contributed by atoms with Crippen molar-refractivity contribution in [2.75, 3.05) is 5.75 Å². The molecule has 0 saturated heterocycles. The predicted octanol–water partition coefficient (Wildman–Crippen LogP) is 2.01. The molecular formula is C9H16N2S. The van der Waals surface area contributed by atoms with Crippen LogP contribution in [0.15, 0.2) is 4.99 Å². The quantitative estimate of drug-likeness (QED) is 0.674. The van der Waals surface area contributed by atoms with E-state index in [0.717, 1.165) is 0 Å². The zero-order valence-corrected chi connectivity index (χ0v) is 8.58. The summed E-state index contributed by atoms with van der Waals surface area (Å²) in [6.45, 7) is 4.46. The Bertz CT molecular complexity index is 209. The third-order valence-electron chi connectivity index (χ3n) is 2.52. The van der Waals surface area contributed by atoms with E-state index in [1.165, 1.54) is 30.2 Å². The molecule has 3 heteroatoms. The molecule has 1 unspecified atom stereocenters. The number of nitrogens with zero attached hydrogens (tertiary/aromatic N) is 1. The highest BCUT2D eigenvalue weighted by atomic mass is 32.2. The molecule has 1 aliphatic carbocycles. The number of aliphatic imine (C=N–C) groups is 1. The minimum absolute atomic E-state index is 0.392. The van der Waals surface area contributed by atoms with Crippen LogP contribution in [-0.4, -0.2) is 22.5 Å². The fourth-order valence-corrected chi connectivity index (χ4v) is 2.49. The molecule has 0 aromatic carbocycles. The molecule has 0 aromatic heterocycles.